The van der Waals surface area contributed by atoms with Gasteiger partial charge in [0, 0.05) is 31.4 Å². The van der Waals surface area contributed by atoms with Gasteiger partial charge in [-0.25, -0.2) is 0 Å². The van der Waals surface area contributed by atoms with E-state index in [4.69, 9.17) is 4.52 Å². The predicted molar refractivity (Wildman–Crippen MR) is 69.1 cm³/mol. The summed E-state index contributed by atoms with van der Waals surface area (Å²) in [5, 5.41) is 4.08. The predicted octanol–water partition coefficient (Wildman–Crippen LogP) is 2.56. The SMILES string of the molecule is CCc1onc2c1CN(C(=O)CC(C)(C)C)CC2. The summed E-state index contributed by atoms with van der Waals surface area (Å²) in [6, 6.07) is 0. The number of nitrogens with zero attached hydrogens (tertiary/aromatic N) is 2. The fraction of sp³-hybridized carbons (Fsp3) is 0.714. The van der Waals surface area contributed by atoms with Crippen LogP contribution in [0, 0.1) is 5.41 Å². The Morgan fingerprint density at radius 3 is 2.78 bits per heavy atom. The Balaban J connectivity index is 2.09. The zero-order valence-corrected chi connectivity index (χ0v) is 11.7. The molecular weight excluding hydrogens is 228 g/mol. The molecule has 1 aliphatic rings. The lowest BCUT2D eigenvalue weighted by Crippen LogP contribution is -2.37. The summed E-state index contributed by atoms with van der Waals surface area (Å²) in [5.41, 5.74) is 2.21. The maximum Gasteiger partial charge on any atom is 0.223 e. The lowest BCUT2D eigenvalue weighted by Gasteiger charge is -2.29. The van der Waals surface area contributed by atoms with E-state index in [1.807, 2.05) is 4.90 Å². The number of hydrogen-bond acceptors (Lipinski definition) is 3. The van der Waals surface area contributed by atoms with Gasteiger partial charge in [-0.05, 0) is 5.41 Å². The fourth-order valence-corrected chi connectivity index (χ4v) is 2.32. The number of carbonyl (C=O) groups is 1. The van der Waals surface area contributed by atoms with Crippen LogP contribution in [0.2, 0.25) is 0 Å². The molecule has 4 nitrogen and oxygen atoms in total. The Morgan fingerprint density at radius 1 is 1.44 bits per heavy atom. The molecule has 1 aromatic rings. The van der Waals surface area contributed by atoms with Crippen molar-refractivity contribution in [3.05, 3.63) is 17.0 Å². The van der Waals surface area contributed by atoms with E-state index in [0.29, 0.717) is 13.0 Å². The highest BCUT2D eigenvalue weighted by Gasteiger charge is 2.28. The maximum absolute atomic E-state index is 12.2. The Bertz CT molecular complexity index is 430. The smallest absolute Gasteiger partial charge is 0.223 e. The van der Waals surface area contributed by atoms with Crippen molar-refractivity contribution in [2.24, 2.45) is 5.41 Å². The van der Waals surface area contributed by atoms with E-state index < -0.39 is 0 Å². The third-order valence-electron chi connectivity index (χ3n) is 3.27. The first-order valence-corrected chi connectivity index (χ1v) is 6.65. The average molecular weight is 250 g/mol. The number of carbonyl (C=O) groups excluding carboxylic acids is 1. The molecule has 18 heavy (non-hydrogen) atoms. The summed E-state index contributed by atoms with van der Waals surface area (Å²) in [6.07, 6.45) is 2.24. The molecule has 2 heterocycles. The van der Waals surface area contributed by atoms with Crippen LogP contribution in [0.15, 0.2) is 4.52 Å². The third-order valence-corrected chi connectivity index (χ3v) is 3.27. The molecule has 2 rings (SSSR count). The van der Waals surface area contributed by atoms with Gasteiger partial charge in [0.2, 0.25) is 5.91 Å². The first-order chi connectivity index (χ1) is 8.40. The number of amides is 1. The fourth-order valence-electron chi connectivity index (χ4n) is 2.32. The van der Waals surface area contributed by atoms with Gasteiger partial charge in [0.1, 0.15) is 5.76 Å². The quantitative estimate of drug-likeness (QED) is 0.810. The Morgan fingerprint density at radius 2 is 2.17 bits per heavy atom. The van der Waals surface area contributed by atoms with E-state index in [2.05, 4.69) is 32.9 Å². The van der Waals surface area contributed by atoms with Crippen molar-refractivity contribution >= 4 is 5.91 Å². The molecule has 0 aromatic carbocycles. The standard InChI is InChI=1S/C14H22N2O2/c1-5-12-10-9-16(7-6-11(10)15-18-12)13(17)8-14(2,3)4/h5-9H2,1-4H3. The average Bonchev–Trinajstić information content (AvgIpc) is 2.68. The highest BCUT2D eigenvalue weighted by Crippen LogP contribution is 2.25. The normalized spacial score (nSPS) is 15.7. The molecular formula is C14H22N2O2. The van der Waals surface area contributed by atoms with Gasteiger partial charge in [0.05, 0.1) is 12.2 Å². The summed E-state index contributed by atoms with van der Waals surface area (Å²) < 4.78 is 5.31. The topological polar surface area (TPSA) is 46.3 Å². The molecule has 0 radical (unpaired) electrons. The van der Waals surface area contributed by atoms with Crippen molar-refractivity contribution in [2.45, 2.75) is 53.5 Å². The van der Waals surface area contributed by atoms with Gasteiger partial charge in [0.25, 0.3) is 0 Å². The second-order valence-electron chi connectivity index (χ2n) is 6.19. The molecule has 0 N–H and O–H groups in total. The molecule has 1 aliphatic heterocycles. The van der Waals surface area contributed by atoms with E-state index in [0.717, 1.165) is 36.4 Å². The van der Waals surface area contributed by atoms with Crippen molar-refractivity contribution in [2.75, 3.05) is 6.54 Å². The minimum Gasteiger partial charge on any atom is -0.361 e. The molecule has 0 atom stereocenters. The summed E-state index contributed by atoms with van der Waals surface area (Å²) in [7, 11) is 0. The van der Waals surface area contributed by atoms with E-state index in [9.17, 15) is 4.79 Å². The van der Waals surface area contributed by atoms with Gasteiger partial charge < -0.3 is 9.42 Å². The number of hydrogen-bond donors (Lipinski definition) is 0. The Kier molecular flexibility index (Phi) is 3.46. The molecule has 1 aromatic heterocycles. The highest BCUT2D eigenvalue weighted by molar-refractivity contribution is 5.77. The molecule has 0 saturated heterocycles. The summed E-state index contributed by atoms with van der Waals surface area (Å²) in [5.74, 6) is 1.16. The first kappa shape index (κ1) is 13.1. The van der Waals surface area contributed by atoms with Crippen LogP contribution in [0.25, 0.3) is 0 Å². The number of aryl methyl sites for hydroxylation is 1. The molecule has 0 fully saturated rings. The summed E-state index contributed by atoms with van der Waals surface area (Å²) >= 11 is 0. The summed E-state index contributed by atoms with van der Waals surface area (Å²) in [6.45, 7) is 9.76. The zero-order chi connectivity index (χ0) is 13.3. The molecule has 0 saturated carbocycles. The Hall–Kier alpha value is -1.32. The Labute approximate surface area is 108 Å². The molecule has 100 valence electrons. The van der Waals surface area contributed by atoms with Gasteiger partial charge in [-0.2, -0.15) is 0 Å². The molecule has 0 aliphatic carbocycles. The van der Waals surface area contributed by atoms with Crippen LogP contribution in [0.3, 0.4) is 0 Å². The van der Waals surface area contributed by atoms with Crippen LogP contribution in [0.1, 0.15) is 51.1 Å². The lowest BCUT2D eigenvalue weighted by atomic mass is 9.91. The number of aromatic nitrogens is 1. The van der Waals surface area contributed by atoms with Crippen LogP contribution in [-0.2, 0) is 24.2 Å². The first-order valence-electron chi connectivity index (χ1n) is 6.65. The summed E-state index contributed by atoms with van der Waals surface area (Å²) in [4.78, 5) is 14.2. The molecule has 0 spiro atoms. The lowest BCUT2D eigenvalue weighted by molar-refractivity contribution is -0.134. The van der Waals surface area contributed by atoms with Crippen LogP contribution >= 0.6 is 0 Å². The number of fused-ring (bicyclic) bond motifs is 1. The number of rotatable bonds is 2. The maximum atomic E-state index is 12.2. The van der Waals surface area contributed by atoms with E-state index in [-0.39, 0.29) is 11.3 Å². The van der Waals surface area contributed by atoms with Crippen molar-refractivity contribution in [1.82, 2.24) is 10.1 Å². The van der Waals surface area contributed by atoms with Crippen molar-refractivity contribution in [1.29, 1.82) is 0 Å². The van der Waals surface area contributed by atoms with Gasteiger partial charge in [-0.15, -0.1) is 0 Å². The zero-order valence-electron chi connectivity index (χ0n) is 11.7. The van der Waals surface area contributed by atoms with Crippen molar-refractivity contribution in [3.63, 3.8) is 0 Å². The third kappa shape index (κ3) is 2.74. The second kappa shape index (κ2) is 4.75. The van der Waals surface area contributed by atoms with Crippen molar-refractivity contribution in [3.8, 4) is 0 Å². The largest absolute Gasteiger partial charge is 0.361 e. The van der Waals surface area contributed by atoms with Gasteiger partial charge in [-0.1, -0.05) is 32.9 Å². The molecule has 1 amide bonds. The molecule has 0 unspecified atom stereocenters. The second-order valence-corrected chi connectivity index (χ2v) is 6.19. The van der Waals surface area contributed by atoms with Crippen LogP contribution in [-0.4, -0.2) is 22.5 Å². The van der Waals surface area contributed by atoms with Gasteiger partial charge in [0.15, 0.2) is 0 Å². The molecule has 0 bridgehead atoms. The van der Waals surface area contributed by atoms with E-state index in [1.165, 1.54) is 0 Å². The van der Waals surface area contributed by atoms with Crippen molar-refractivity contribution < 1.29 is 9.32 Å². The van der Waals surface area contributed by atoms with E-state index >= 15 is 0 Å². The van der Waals surface area contributed by atoms with Gasteiger partial charge in [-0.3, -0.25) is 4.79 Å². The van der Waals surface area contributed by atoms with Gasteiger partial charge >= 0.3 is 0 Å². The monoisotopic (exact) mass is 250 g/mol. The highest BCUT2D eigenvalue weighted by atomic mass is 16.5. The minimum atomic E-state index is 0.0413. The van der Waals surface area contributed by atoms with Crippen LogP contribution < -0.4 is 0 Å². The molecule has 4 heteroatoms. The van der Waals surface area contributed by atoms with E-state index in [1.54, 1.807) is 0 Å². The van der Waals surface area contributed by atoms with Crippen LogP contribution in [0.4, 0.5) is 0 Å². The minimum absolute atomic E-state index is 0.0413. The van der Waals surface area contributed by atoms with Crippen LogP contribution in [0.5, 0.6) is 0 Å².